The Bertz CT molecular complexity index is 1440. The van der Waals surface area contributed by atoms with E-state index in [-0.39, 0.29) is 34.1 Å². The number of halogens is 2. The Morgan fingerprint density at radius 2 is 1.68 bits per heavy atom. The molecule has 3 aromatic carbocycles. The van der Waals surface area contributed by atoms with Crippen LogP contribution in [0.5, 0.6) is 5.75 Å². The summed E-state index contributed by atoms with van der Waals surface area (Å²) in [6.07, 6.45) is 0.710. The maximum atomic E-state index is 14.0. The minimum Gasteiger partial charge on any atom is -0.495 e. The van der Waals surface area contributed by atoms with E-state index in [0.717, 1.165) is 4.31 Å². The second-order valence-electron chi connectivity index (χ2n) is 9.29. The molecule has 2 atom stereocenters. The summed E-state index contributed by atoms with van der Waals surface area (Å²) in [4.78, 5) is 28.4. The van der Waals surface area contributed by atoms with Gasteiger partial charge >= 0.3 is 0 Å². The van der Waals surface area contributed by atoms with Crippen LogP contribution >= 0.6 is 23.2 Å². The normalized spacial score (nSPS) is 12.8. The predicted molar refractivity (Wildman–Crippen MR) is 158 cm³/mol. The number of benzene rings is 3. The molecular formula is C29H33Cl2N3O5S. The molecule has 40 heavy (non-hydrogen) atoms. The van der Waals surface area contributed by atoms with Gasteiger partial charge in [-0.15, -0.1) is 0 Å². The number of hydrogen-bond acceptors (Lipinski definition) is 5. The zero-order valence-electron chi connectivity index (χ0n) is 22.8. The Morgan fingerprint density at radius 3 is 2.27 bits per heavy atom. The van der Waals surface area contributed by atoms with Crippen molar-refractivity contribution in [1.82, 2.24) is 10.2 Å². The van der Waals surface area contributed by atoms with E-state index in [2.05, 4.69) is 5.32 Å². The highest BCUT2D eigenvalue weighted by molar-refractivity contribution is 7.92. The Hall–Kier alpha value is -3.27. The van der Waals surface area contributed by atoms with Gasteiger partial charge in [0.15, 0.2) is 0 Å². The van der Waals surface area contributed by atoms with Gasteiger partial charge in [0.25, 0.3) is 10.0 Å². The van der Waals surface area contributed by atoms with Crippen LogP contribution in [0.25, 0.3) is 0 Å². The van der Waals surface area contributed by atoms with Crippen molar-refractivity contribution in [2.45, 2.75) is 50.7 Å². The molecule has 11 heteroatoms. The monoisotopic (exact) mass is 605 g/mol. The fourth-order valence-corrected chi connectivity index (χ4v) is 5.83. The number of carbonyl (C=O) groups excluding carboxylic acids is 2. The molecule has 0 radical (unpaired) electrons. The molecule has 3 rings (SSSR count). The molecule has 0 aromatic heterocycles. The number of nitrogens with one attached hydrogen (secondary N) is 1. The lowest BCUT2D eigenvalue weighted by molar-refractivity contribution is -0.139. The van der Waals surface area contributed by atoms with Crippen LogP contribution in [0.1, 0.15) is 32.8 Å². The van der Waals surface area contributed by atoms with Crippen molar-refractivity contribution in [3.05, 3.63) is 88.4 Å². The van der Waals surface area contributed by atoms with Gasteiger partial charge in [-0.25, -0.2) is 8.42 Å². The fourth-order valence-electron chi connectivity index (χ4n) is 3.94. The summed E-state index contributed by atoms with van der Waals surface area (Å²) in [5.41, 5.74) is 0.858. The first-order chi connectivity index (χ1) is 19.0. The molecule has 0 aliphatic carbocycles. The third-order valence-corrected chi connectivity index (χ3v) is 8.76. The van der Waals surface area contributed by atoms with Crippen LogP contribution < -0.4 is 14.4 Å². The number of carbonyl (C=O) groups is 2. The van der Waals surface area contributed by atoms with E-state index in [0.29, 0.717) is 22.8 Å². The summed E-state index contributed by atoms with van der Waals surface area (Å²) in [5, 5.41) is 3.55. The van der Waals surface area contributed by atoms with Gasteiger partial charge in [0.2, 0.25) is 11.8 Å². The van der Waals surface area contributed by atoms with E-state index in [1.54, 1.807) is 49.4 Å². The first-order valence-corrected chi connectivity index (χ1v) is 14.9. The van der Waals surface area contributed by atoms with Gasteiger partial charge in [-0.1, -0.05) is 60.5 Å². The number of sulfonamides is 1. The van der Waals surface area contributed by atoms with Gasteiger partial charge in [0.1, 0.15) is 18.3 Å². The van der Waals surface area contributed by atoms with E-state index >= 15 is 0 Å². The number of ether oxygens (including phenoxy) is 1. The highest BCUT2D eigenvalue weighted by atomic mass is 35.5. The maximum absolute atomic E-state index is 14.0. The van der Waals surface area contributed by atoms with Gasteiger partial charge in [0.05, 0.1) is 22.7 Å². The van der Waals surface area contributed by atoms with Crippen molar-refractivity contribution in [1.29, 1.82) is 0 Å². The Labute approximate surface area is 245 Å². The summed E-state index contributed by atoms with van der Waals surface area (Å²) in [5.74, 6) is -0.584. The molecule has 1 N–H and O–H groups in total. The quantitative estimate of drug-likeness (QED) is 0.293. The maximum Gasteiger partial charge on any atom is 0.264 e. The molecule has 0 spiro atoms. The number of hydrogen-bond donors (Lipinski definition) is 1. The first-order valence-electron chi connectivity index (χ1n) is 12.7. The molecule has 0 saturated carbocycles. The van der Waals surface area contributed by atoms with Gasteiger partial charge in [-0.2, -0.15) is 0 Å². The van der Waals surface area contributed by atoms with E-state index in [1.165, 1.54) is 42.3 Å². The van der Waals surface area contributed by atoms with Crippen LogP contribution in [0.2, 0.25) is 10.0 Å². The summed E-state index contributed by atoms with van der Waals surface area (Å²) >= 11 is 12.5. The van der Waals surface area contributed by atoms with Crippen molar-refractivity contribution in [2.24, 2.45) is 0 Å². The van der Waals surface area contributed by atoms with Crippen molar-refractivity contribution in [3.63, 3.8) is 0 Å². The fraction of sp³-hybridized carbons (Fsp3) is 0.310. The third-order valence-electron chi connectivity index (χ3n) is 6.44. The standard InChI is InChI=1S/C29H33Cl2N3O5S/c1-5-20(2)32-29(36)21(3)33(18-22-10-9-11-23(30)16-22)28(35)19-34(24-14-15-27(39-4)26(31)17-24)40(37,38)25-12-7-6-8-13-25/h6-17,20-21H,5,18-19H2,1-4H3,(H,32,36). The van der Waals surface area contributed by atoms with Crippen LogP contribution in [0.4, 0.5) is 5.69 Å². The smallest absolute Gasteiger partial charge is 0.264 e. The molecule has 8 nitrogen and oxygen atoms in total. The topological polar surface area (TPSA) is 96.0 Å². The Morgan fingerprint density at radius 1 is 0.975 bits per heavy atom. The average molecular weight is 607 g/mol. The predicted octanol–water partition coefficient (Wildman–Crippen LogP) is 5.53. The molecule has 2 unspecified atom stereocenters. The minimum atomic E-state index is -4.20. The van der Waals surface area contributed by atoms with Crippen LogP contribution in [0.15, 0.2) is 77.7 Å². The number of nitrogens with zero attached hydrogens (tertiary/aromatic N) is 2. The van der Waals surface area contributed by atoms with Gasteiger partial charge < -0.3 is 15.0 Å². The second-order valence-corrected chi connectivity index (χ2v) is 12.0. The number of amides is 2. The largest absolute Gasteiger partial charge is 0.495 e. The molecular weight excluding hydrogens is 573 g/mol. The van der Waals surface area contributed by atoms with Gasteiger partial charge in [0, 0.05) is 17.6 Å². The van der Waals surface area contributed by atoms with Crippen molar-refractivity contribution in [3.8, 4) is 5.75 Å². The Balaban J connectivity index is 2.05. The molecule has 0 aliphatic rings. The zero-order chi connectivity index (χ0) is 29.4. The minimum absolute atomic E-state index is 0.00121. The molecule has 0 saturated heterocycles. The number of anilines is 1. The van der Waals surface area contributed by atoms with Crippen molar-refractivity contribution < 1.29 is 22.7 Å². The van der Waals surface area contributed by atoms with Crippen LogP contribution in [-0.2, 0) is 26.2 Å². The summed E-state index contributed by atoms with van der Waals surface area (Å²) < 4.78 is 33.9. The lowest BCUT2D eigenvalue weighted by atomic mass is 10.1. The molecule has 0 heterocycles. The van der Waals surface area contributed by atoms with E-state index in [1.807, 2.05) is 13.8 Å². The molecule has 0 fully saturated rings. The van der Waals surface area contributed by atoms with Crippen LogP contribution in [-0.4, -0.2) is 50.9 Å². The number of methoxy groups -OCH3 is 1. The van der Waals surface area contributed by atoms with Crippen LogP contribution in [0, 0.1) is 0 Å². The lowest BCUT2D eigenvalue weighted by Gasteiger charge is -2.32. The molecule has 0 aliphatic heterocycles. The lowest BCUT2D eigenvalue weighted by Crippen LogP contribution is -2.52. The second kappa shape index (κ2) is 13.9. The highest BCUT2D eigenvalue weighted by Gasteiger charge is 2.33. The SMILES string of the molecule is CCC(C)NC(=O)C(C)N(Cc1cccc(Cl)c1)C(=O)CN(c1ccc(OC)c(Cl)c1)S(=O)(=O)c1ccccc1. The summed E-state index contributed by atoms with van der Waals surface area (Å²) in [7, 11) is -2.76. The van der Waals surface area contributed by atoms with Gasteiger partial charge in [-0.05, 0) is 68.3 Å². The molecule has 2 amide bonds. The molecule has 214 valence electrons. The summed E-state index contributed by atoms with van der Waals surface area (Å²) in [6.45, 7) is 4.88. The van der Waals surface area contributed by atoms with Crippen molar-refractivity contribution in [2.75, 3.05) is 18.0 Å². The highest BCUT2D eigenvalue weighted by Crippen LogP contribution is 2.32. The summed E-state index contributed by atoms with van der Waals surface area (Å²) in [6, 6.07) is 18.2. The first kappa shape index (κ1) is 31.3. The Kier molecular flexibility index (Phi) is 10.8. The van der Waals surface area contributed by atoms with E-state index < -0.39 is 28.5 Å². The zero-order valence-corrected chi connectivity index (χ0v) is 25.1. The van der Waals surface area contributed by atoms with Gasteiger partial charge in [-0.3, -0.25) is 13.9 Å². The molecule has 3 aromatic rings. The van der Waals surface area contributed by atoms with Crippen LogP contribution in [0.3, 0.4) is 0 Å². The van der Waals surface area contributed by atoms with E-state index in [4.69, 9.17) is 27.9 Å². The molecule has 0 bridgehead atoms. The number of rotatable bonds is 12. The third kappa shape index (κ3) is 7.68. The van der Waals surface area contributed by atoms with E-state index in [9.17, 15) is 18.0 Å². The van der Waals surface area contributed by atoms with Crippen molar-refractivity contribution >= 4 is 50.7 Å². The average Bonchev–Trinajstić information content (AvgIpc) is 2.94.